The third-order valence-corrected chi connectivity index (χ3v) is 2.89. The molecule has 1 aromatic carbocycles. The molecule has 3 N–H and O–H groups in total. The van der Waals surface area contributed by atoms with Crippen LogP contribution in [-0.4, -0.2) is 19.7 Å². The topological polar surface area (TPSA) is 72.5 Å². The van der Waals surface area contributed by atoms with Crippen LogP contribution < -0.4 is 5.73 Å². The van der Waals surface area contributed by atoms with Crippen LogP contribution in [0.3, 0.4) is 0 Å². The molecule has 0 unspecified atom stereocenters. The summed E-state index contributed by atoms with van der Waals surface area (Å²) in [5.74, 6) is 1.40. The van der Waals surface area contributed by atoms with Crippen LogP contribution >= 0.6 is 0 Å². The molecule has 2 heterocycles. The molecule has 0 saturated carbocycles. The molecule has 0 spiro atoms. The number of imidazole rings is 1. The van der Waals surface area contributed by atoms with Gasteiger partial charge >= 0.3 is 0 Å². The van der Waals surface area contributed by atoms with Crippen molar-refractivity contribution in [1.82, 2.24) is 19.7 Å². The van der Waals surface area contributed by atoms with Crippen molar-refractivity contribution in [3.8, 4) is 11.4 Å². The smallest absolute Gasteiger partial charge is 0.144 e. The summed E-state index contributed by atoms with van der Waals surface area (Å²) in [5, 5.41) is 4.29. The van der Waals surface area contributed by atoms with E-state index in [1.165, 1.54) is 0 Å². The van der Waals surface area contributed by atoms with Gasteiger partial charge in [-0.25, -0.2) is 4.98 Å². The number of nitrogens with zero attached hydrogens (tertiary/aromatic N) is 3. The minimum Gasteiger partial charge on any atom is -0.383 e. The Bertz CT molecular complexity index is 659. The summed E-state index contributed by atoms with van der Waals surface area (Å²) >= 11 is 0. The van der Waals surface area contributed by atoms with Gasteiger partial charge in [0.25, 0.3) is 0 Å². The number of nitrogens with one attached hydrogen (secondary N) is 1. The molecule has 3 aromatic rings. The molecule has 2 aromatic heterocycles. The highest BCUT2D eigenvalue weighted by atomic mass is 15.3. The summed E-state index contributed by atoms with van der Waals surface area (Å²) < 4.78 is 1.66. The van der Waals surface area contributed by atoms with Crippen LogP contribution in [0.5, 0.6) is 0 Å². The van der Waals surface area contributed by atoms with E-state index in [-0.39, 0.29) is 0 Å². The van der Waals surface area contributed by atoms with E-state index in [2.05, 4.69) is 15.1 Å². The Labute approximate surface area is 98.3 Å². The Hall–Kier alpha value is -2.30. The summed E-state index contributed by atoms with van der Waals surface area (Å²) in [6, 6.07) is 7.90. The Balaban J connectivity index is 2.27. The van der Waals surface area contributed by atoms with E-state index in [1.54, 1.807) is 4.68 Å². The largest absolute Gasteiger partial charge is 0.383 e. The van der Waals surface area contributed by atoms with E-state index in [0.29, 0.717) is 5.82 Å². The molecule has 0 atom stereocenters. The van der Waals surface area contributed by atoms with Crippen molar-refractivity contribution in [3.63, 3.8) is 0 Å². The van der Waals surface area contributed by atoms with Gasteiger partial charge in [-0.3, -0.25) is 4.68 Å². The predicted molar refractivity (Wildman–Crippen MR) is 67.4 cm³/mol. The average Bonchev–Trinajstić information content (AvgIpc) is 2.81. The lowest BCUT2D eigenvalue weighted by Gasteiger charge is -1.96. The molecule has 0 radical (unpaired) electrons. The maximum atomic E-state index is 6.00. The summed E-state index contributed by atoms with van der Waals surface area (Å²) in [4.78, 5) is 7.79. The monoisotopic (exact) mass is 227 g/mol. The van der Waals surface area contributed by atoms with Crippen molar-refractivity contribution in [3.05, 3.63) is 30.0 Å². The van der Waals surface area contributed by atoms with Gasteiger partial charge in [0.1, 0.15) is 11.6 Å². The van der Waals surface area contributed by atoms with Crippen LogP contribution in [-0.2, 0) is 7.05 Å². The van der Waals surface area contributed by atoms with Crippen molar-refractivity contribution in [2.75, 3.05) is 5.73 Å². The molecule has 0 aliphatic rings. The first-order valence-electron chi connectivity index (χ1n) is 5.41. The van der Waals surface area contributed by atoms with Gasteiger partial charge in [0.05, 0.1) is 22.3 Å². The lowest BCUT2D eigenvalue weighted by Crippen LogP contribution is -1.98. The number of aryl methyl sites for hydroxylation is 2. The molecule has 5 heteroatoms. The summed E-state index contributed by atoms with van der Waals surface area (Å²) in [6.07, 6.45) is 0. The highest BCUT2D eigenvalue weighted by Gasteiger charge is 2.15. The number of H-pyrrole nitrogens is 1. The number of nitrogen functional groups attached to an aromatic ring is 1. The summed E-state index contributed by atoms with van der Waals surface area (Å²) in [5.41, 5.74) is 9.70. The second-order valence-corrected chi connectivity index (χ2v) is 4.07. The summed E-state index contributed by atoms with van der Waals surface area (Å²) in [7, 11) is 1.83. The molecule has 0 aliphatic carbocycles. The molecule has 5 nitrogen and oxygen atoms in total. The SMILES string of the molecule is Cc1nn(C)c(N)c1-c1nc2ccccc2[nH]1. The number of hydrogen-bond acceptors (Lipinski definition) is 3. The maximum Gasteiger partial charge on any atom is 0.144 e. The molecule has 0 fully saturated rings. The zero-order chi connectivity index (χ0) is 12.0. The van der Waals surface area contributed by atoms with Crippen LogP contribution in [0, 0.1) is 6.92 Å². The van der Waals surface area contributed by atoms with Gasteiger partial charge in [0.15, 0.2) is 0 Å². The fourth-order valence-electron chi connectivity index (χ4n) is 2.04. The quantitative estimate of drug-likeness (QED) is 0.666. The fraction of sp³-hybridized carbons (Fsp3) is 0.167. The Kier molecular flexibility index (Phi) is 1.95. The average molecular weight is 227 g/mol. The number of hydrogen-bond donors (Lipinski definition) is 2. The van der Waals surface area contributed by atoms with Crippen molar-refractivity contribution < 1.29 is 0 Å². The lowest BCUT2D eigenvalue weighted by molar-refractivity contribution is 0.767. The minimum atomic E-state index is 0.626. The van der Waals surface area contributed by atoms with Crippen LogP contribution in [0.25, 0.3) is 22.4 Å². The van der Waals surface area contributed by atoms with E-state index >= 15 is 0 Å². The Morgan fingerprint density at radius 3 is 2.71 bits per heavy atom. The molecular weight excluding hydrogens is 214 g/mol. The molecule has 0 amide bonds. The summed E-state index contributed by atoms with van der Waals surface area (Å²) in [6.45, 7) is 1.93. The first-order chi connectivity index (χ1) is 8.16. The molecule has 0 bridgehead atoms. The number of aromatic amines is 1. The van der Waals surface area contributed by atoms with Gasteiger partial charge in [-0.05, 0) is 19.1 Å². The molecule has 17 heavy (non-hydrogen) atoms. The molecule has 3 rings (SSSR count). The van der Waals surface area contributed by atoms with Crippen LogP contribution in [0.1, 0.15) is 5.69 Å². The predicted octanol–water partition coefficient (Wildman–Crippen LogP) is 1.85. The van der Waals surface area contributed by atoms with Gasteiger partial charge in [-0.15, -0.1) is 0 Å². The van der Waals surface area contributed by atoms with Crippen molar-refractivity contribution in [1.29, 1.82) is 0 Å². The van der Waals surface area contributed by atoms with E-state index in [9.17, 15) is 0 Å². The lowest BCUT2D eigenvalue weighted by atomic mass is 10.2. The number of anilines is 1. The Morgan fingerprint density at radius 2 is 2.06 bits per heavy atom. The minimum absolute atomic E-state index is 0.626. The fourth-order valence-corrected chi connectivity index (χ4v) is 2.04. The van der Waals surface area contributed by atoms with Gasteiger partial charge in [-0.1, -0.05) is 12.1 Å². The third kappa shape index (κ3) is 1.39. The van der Waals surface area contributed by atoms with Crippen molar-refractivity contribution in [2.24, 2.45) is 7.05 Å². The van der Waals surface area contributed by atoms with Crippen LogP contribution in [0.2, 0.25) is 0 Å². The number of fused-ring (bicyclic) bond motifs is 1. The standard InChI is InChI=1S/C12H13N5/c1-7-10(11(13)17(2)16-7)12-14-8-5-3-4-6-9(8)15-12/h3-6H,13H2,1-2H3,(H,14,15). The molecule has 0 aliphatic heterocycles. The number of aromatic nitrogens is 4. The molecule has 86 valence electrons. The first kappa shape index (κ1) is 9.89. The second kappa shape index (κ2) is 3.35. The van der Waals surface area contributed by atoms with Crippen molar-refractivity contribution >= 4 is 16.9 Å². The van der Waals surface area contributed by atoms with Crippen LogP contribution in [0.4, 0.5) is 5.82 Å². The van der Waals surface area contributed by atoms with Crippen LogP contribution in [0.15, 0.2) is 24.3 Å². The number of para-hydroxylation sites is 2. The normalized spacial score (nSPS) is 11.2. The highest BCUT2D eigenvalue weighted by Crippen LogP contribution is 2.28. The second-order valence-electron chi connectivity index (χ2n) is 4.07. The number of rotatable bonds is 1. The van der Waals surface area contributed by atoms with Crippen molar-refractivity contribution in [2.45, 2.75) is 6.92 Å². The van der Waals surface area contributed by atoms with Gasteiger partial charge < -0.3 is 10.7 Å². The van der Waals surface area contributed by atoms with E-state index < -0.39 is 0 Å². The van der Waals surface area contributed by atoms with E-state index in [4.69, 9.17) is 5.73 Å². The van der Waals surface area contributed by atoms with E-state index in [1.807, 2.05) is 38.2 Å². The van der Waals surface area contributed by atoms with Gasteiger partial charge in [-0.2, -0.15) is 5.10 Å². The third-order valence-electron chi connectivity index (χ3n) is 2.89. The van der Waals surface area contributed by atoms with E-state index in [0.717, 1.165) is 28.1 Å². The molecular formula is C12H13N5. The zero-order valence-corrected chi connectivity index (χ0v) is 9.73. The highest BCUT2D eigenvalue weighted by molar-refractivity contribution is 5.82. The zero-order valence-electron chi connectivity index (χ0n) is 9.73. The maximum absolute atomic E-state index is 6.00. The first-order valence-corrected chi connectivity index (χ1v) is 5.41. The Morgan fingerprint density at radius 1 is 1.29 bits per heavy atom. The van der Waals surface area contributed by atoms with Gasteiger partial charge in [0.2, 0.25) is 0 Å². The number of benzene rings is 1. The number of nitrogens with two attached hydrogens (primary N) is 1. The van der Waals surface area contributed by atoms with Gasteiger partial charge in [0, 0.05) is 7.05 Å². The molecule has 0 saturated heterocycles.